The van der Waals surface area contributed by atoms with Gasteiger partial charge in [-0.15, -0.1) is 0 Å². The molecule has 1 aliphatic heterocycles. The maximum absolute atomic E-state index is 12.5. The number of nitrogens with zero attached hydrogens (tertiary/aromatic N) is 4. The van der Waals surface area contributed by atoms with E-state index in [0.717, 1.165) is 40.8 Å². The molecule has 0 radical (unpaired) electrons. The fourth-order valence-electron chi connectivity index (χ4n) is 6.80. The molecule has 1 aliphatic carbocycles. The van der Waals surface area contributed by atoms with E-state index in [0.29, 0.717) is 19.2 Å². The second-order valence-electron chi connectivity index (χ2n) is 12.5. The Morgan fingerprint density at radius 1 is 0.896 bits per heavy atom. The molecule has 1 saturated heterocycles. The summed E-state index contributed by atoms with van der Waals surface area (Å²) in [6.45, 7) is 8.07. The van der Waals surface area contributed by atoms with E-state index < -0.39 is 47.5 Å². The third-order valence-corrected chi connectivity index (χ3v) is 9.44. The number of rotatable bonds is 17. The van der Waals surface area contributed by atoms with E-state index in [1.807, 2.05) is 23.9 Å². The lowest BCUT2D eigenvalue weighted by Gasteiger charge is -2.43. The molecule has 5 rings (SSSR count). The van der Waals surface area contributed by atoms with Gasteiger partial charge in [-0.25, -0.2) is 4.98 Å². The molecule has 3 aromatic rings. The van der Waals surface area contributed by atoms with Crippen LogP contribution in [-0.4, -0.2) is 111 Å². The standard InChI is InChI=1S/C34H43N5O9/c1-20-4-3-11-38(20)12-9-22-5-7-25-23(18-22)6-8-26(36-25)24-19-39(37-21(24)2)13-15-48-17-16-47-14-10-35-31(40)27-28(32(41)42)30(34(45)46)29(27)33(43)44/h5-8,18-20,27-30H,3-4,9-17H2,1-2H3,(H,35,40)(H,41,42)(H,43,44)(H,45,46)/t20-,27?,28?,29?,30?/m1/s1. The van der Waals surface area contributed by atoms with Crippen LogP contribution in [0, 0.1) is 30.6 Å². The third-order valence-electron chi connectivity index (χ3n) is 9.44. The van der Waals surface area contributed by atoms with Gasteiger partial charge < -0.3 is 35.0 Å². The van der Waals surface area contributed by atoms with Crippen LogP contribution >= 0.6 is 0 Å². The number of carboxylic acid groups (broad SMARTS) is 3. The second-order valence-corrected chi connectivity index (χ2v) is 12.5. The van der Waals surface area contributed by atoms with E-state index in [1.54, 1.807) is 0 Å². The number of amides is 1. The first-order valence-corrected chi connectivity index (χ1v) is 16.3. The highest BCUT2D eigenvalue weighted by molar-refractivity contribution is 5.98. The number of ether oxygens (including phenoxy) is 2. The minimum atomic E-state index is -1.66. The molecule has 48 heavy (non-hydrogen) atoms. The van der Waals surface area contributed by atoms with E-state index in [9.17, 15) is 34.5 Å². The highest BCUT2D eigenvalue weighted by atomic mass is 16.5. The predicted molar refractivity (Wildman–Crippen MR) is 173 cm³/mol. The van der Waals surface area contributed by atoms with Crippen molar-refractivity contribution in [2.75, 3.05) is 46.1 Å². The molecule has 1 saturated carbocycles. The van der Waals surface area contributed by atoms with Gasteiger partial charge >= 0.3 is 17.9 Å². The zero-order valence-corrected chi connectivity index (χ0v) is 27.2. The monoisotopic (exact) mass is 665 g/mol. The summed E-state index contributed by atoms with van der Waals surface area (Å²) in [5.74, 6) is -11.8. The van der Waals surface area contributed by atoms with Crippen LogP contribution < -0.4 is 5.32 Å². The Morgan fingerprint density at radius 3 is 2.25 bits per heavy atom. The number of nitrogens with one attached hydrogen (secondary N) is 1. The fourth-order valence-corrected chi connectivity index (χ4v) is 6.80. The fraction of sp³-hybridized carbons (Fsp3) is 0.529. The lowest BCUT2D eigenvalue weighted by Crippen LogP contribution is -2.62. The molecule has 2 aliphatic rings. The number of carbonyl (C=O) groups is 4. The van der Waals surface area contributed by atoms with Crippen LogP contribution in [0.3, 0.4) is 0 Å². The van der Waals surface area contributed by atoms with Crippen molar-refractivity contribution in [1.29, 1.82) is 0 Å². The number of pyridine rings is 1. The molecule has 1 aromatic carbocycles. The summed E-state index contributed by atoms with van der Waals surface area (Å²) in [7, 11) is 0. The van der Waals surface area contributed by atoms with Crippen molar-refractivity contribution < 1.29 is 44.0 Å². The summed E-state index contributed by atoms with van der Waals surface area (Å²) in [4.78, 5) is 54.2. The summed E-state index contributed by atoms with van der Waals surface area (Å²) in [5.41, 5.74) is 4.96. The van der Waals surface area contributed by atoms with Crippen LogP contribution in [-0.2, 0) is 41.6 Å². The van der Waals surface area contributed by atoms with Crippen molar-refractivity contribution in [2.24, 2.45) is 23.7 Å². The number of aliphatic carboxylic acids is 3. The van der Waals surface area contributed by atoms with Gasteiger partial charge in [0.25, 0.3) is 0 Å². The lowest BCUT2D eigenvalue weighted by molar-refractivity contribution is -0.187. The first-order valence-electron chi connectivity index (χ1n) is 16.3. The Morgan fingerprint density at radius 2 is 1.58 bits per heavy atom. The quantitative estimate of drug-likeness (QED) is 0.154. The zero-order chi connectivity index (χ0) is 34.4. The highest BCUT2D eigenvalue weighted by Crippen LogP contribution is 2.47. The number of aromatic nitrogens is 3. The maximum atomic E-state index is 12.5. The van der Waals surface area contributed by atoms with Gasteiger partial charge in [-0.2, -0.15) is 5.10 Å². The van der Waals surface area contributed by atoms with Crippen LogP contribution in [0.1, 0.15) is 31.0 Å². The van der Waals surface area contributed by atoms with E-state index in [-0.39, 0.29) is 26.4 Å². The van der Waals surface area contributed by atoms with Gasteiger partial charge in [0.15, 0.2) is 0 Å². The van der Waals surface area contributed by atoms with Gasteiger partial charge in [0.1, 0.15) is 0 Å². The highest BCUT2D eigenvalue weighted by Gasteiger charge is 2.64. The van der Waals surface area contributed by atoms with E-state index >= 15 is 0 Å². The first-order chi connectivity index (χ1) is 23.0. The molecule has 0 spiro atoms. The third kappa shape index (κ3) is 8.00. The van der Waals surface area contributed by atoms with Crippen molar-refractivity contribution >= 4 is 34.7 Å². The largest absolute Gasteiger partial charge is 0.481 e. The Kier molecular flexibility index (Phi) is 11.4. The number of carbonyl (C=O) groups excluding carboxylic acids is 1. The Bertz CT molecular complexity index is 1620. The van der Waals surface area contributed by atoms with Crippen LogP contribution in [0.15, 0.2) is 36.5 Å². The predicted octanol–water partition coefficient (Wildman–Crippen LogP) is 2.32. The van der Waals surface area contributed by atoms with Gasteiger partial charge in [-0.3, -0.25) is 23.9 Å². The molecule has 4 N–H and O–H groups in total. The molecule has 258 valence electrons. The molecular weight excluding hydrogens is 622 g/mol. The number of fused-ring (bicyclic) bond motifs is 1. The molecule has 3 heterocycles. The number of benzene rings is 1. The summed E-state index contributed by atoms with van der Waals surface area (Å²) in [6.07, 6.45) is 5.57. The van der Waals surface area contributed by atoms with Gasteiger partial charge in [-0.1, -0.05) is 12.1 Å². The molecule has 2 fully saturated rings. The topological polar surface area (TPSA) is 193 Å². The van der Waals surface area contributed by atoms with Crippen molar-refractivity contribution in [3.05, 3.63) is 47.8 Å². The van der Waals surface area contributed by atoms with Crippen molar-refractivity contribution in [2.45, 2.75) is 45.7 Å². The zero-order valence-electron chi connectivity index (χ0n) is 27.2. The summed E-state index contributed by atoms with van der Waals surface area (Å²) in [6, 6.07) is 11.3. The number of aryl methyl sites for hydroxylation is 1. The van der Waals surface area contributed by atoms with Crippen LogP contribution in [0.2, 0.25) is 0 Å². The van der Waals surface area contributed by atoms with E-state index in [1.165, 1.54) is 24.9 Å². The molecule has 14 nitrogen and oxygen atoms in total. The van der Waals surface area contributed by atoms with Crippen LogP contribution in [0.4, 0.5) is 0 Å². The average Bonchev–Trinajstić information content (AvgIpc) is 3.61. The van der Waals surface area contributed by atoms with E-state index in [2.05, 4.69) is 46.5 Å². The van der Waals surface area contributed by atoms with Gasteiger partial charge in [0, 0.05) is 36.3 Å². The molecule has 2 unspecified atom stereocenters. The number of hydrogen-bond acceptors (Lipinski definition) is 9. The molecule has 2 aromatic heterocycles. The minimum Gasteiger partial charge on any atom is -0.481 e. The molecule has 14 heteroatoms. The Balaban J connectivity index is 1.00. The lowest BCUT2D eigenvalue weighted by atomic mass is 9.56. The van der Waals surface area contributed by atoms with Crippen LogP contribution in [0.5, 0.6) is 0 Å². The molecule has 1 amide bonds. The molecule has 0 bridgehead atoms. The Hall–Kier alpha value is -4.40. The number of hydrogen-bond donors (Lipinski definition) is 4. The first kappa shape index (κ1) is 34.9. The Labute approximate surface area is 278 Å². The van der Waals surface area contributed by atoms with Crippen LogP contribution in [0.25, 0.3) is 22.2 Å². The smallest absolute Gasteiger partial charge is 0.308 e. The normalized spacial score (nSPS) is 22.4. The summed E-state index contributed by atoms with van der Waals surface area (Å²) in [5, 5.41) is 36.0. The van der Waals surface area contributed by atoms with E-state index in [4.69, 9.17) is 14.5 Å². The molecule has 3 atom stereocenters. The van der Waals surface area contributed by atoms with Crippen molar-refractivity contribution in [3.63, 3.8) is 0 Å². The van der Waals surface area contributed by atoms with Crippen molar-refractivity contribution in [1.82, 2.24) is 25.0 Å². The number of likely N-dealkylation sites (tertiary alicyclic amines) is 1. The average molecular weight is 666 g/mol. The van der Waals surface area contributed by atoms with Gasteiger partial charge in [-0.05, 0) is 63.4 Å². The van der Waals surface area contributed by atoms with Gasteiger partial charge in [0.2, 0.25) is 5.91 Å². The summed E-state index contributed by atoms with van der Waals surface area (Å²) < 4.78 is 12.9. The maximum Gasteiger partial charge on any atom is 0.308 e. The second kappa shape index (κ2) is 15.7. The van der Waals surface area contributed by atoms with Gasteiger partial charge in [0.05, 0.1) is 73.5 Å². The molecular formula is C34H43N5O9. The number of carboxylic acids is 3. The minimum absolute atomic E-state index is 0.00312. The SMILES string of the molecule is Cc1nn(CCOCCOCCNC(=O)C2C(C(=O)O)C(C(=O)O)C2C(=O)O)cc1-c1ccc2cc(CCN3CCC[C@H]3C)ccc2n1. The van der Waals surface area contributed by atoms with Crippen molar-refractivity contribution in [3.8, 4) is 11.3 Å². The summed E-state index contributed by atoms with van der Waals surface area (Å²) >= 11 is 0.